The van der Waals surface area contributed by atoms with Crippen LogP contribution in [0.25, 0.3) is 16.7 Å². The maximum Gasteiger partial charge on any atom is 0.481 e. The van der Waals surface area contributed by atoms with E-state index < -0.39 is 64.8 Å². The summed E-state index contributed by atoms with van der Waals surface area (Å²) in [6.07, 6.45) is -1.48. The largest absolute Gasteiger partial charge is 0.481 e. The van der Waals surface area contributed by atoms with Gasteiger partial charge in [-0.3, -0.25) is 13.9 Å². The molecule has 0 bridgehead atoms. The zero-order chi connectivity index (χ0) is 49.6. The summed E-state index contributed by atoms with van der Waals surface area (Å²) in [6, 6.07) is 12.8. The molecule has 0 saturated carbocycles. The number of hydrogen-bond acceptors (Lipinski definition) is 16. The smallest absolute Gasteiger partial charge is 0.478 e. The standard InChI is InChI=1S/C44H49N9O15P2/c1-3-51-13-5-7-23-15-28-32(18-30(23)51)65-33-19-31-24(8-6-14-52(31)4-2)16-29(33)35(28)26-10-9-25(17-27(26)43(56)57)41(55)46-11-12-47-44(58)67-38-37(54)34(20-64-70(62,63)68-69(59,60)61)66-42(38)53-22-50-36-39(45)48-21-49-40(36)53/h9-10,15-19,21-22,34,37-38,42,54H,3-8,11-14,20H2,1-2H3,(H7-,45,46,47,48,49,55,56,57,58,59,60,61,62,63)/p+1/t34-,37-,38-,42-/m1/s1. The molecule has 1 fully saturated rings. The Morgan fingerprint density at radius 3 is 2.50 bits per heavy atom. The molecule has 4 aliphatic rings. The number of rotatable bonds is 15. The Morgan fingerprint density at radius 2 is 1.74 bits per heavy atom. The molecule has 24 nitrogen and oxygen atoms in total. The molecule has 6 heterocycles. The van der Waals surface area contributed by atoms with Crippen LogP contribution in [0.3, 0.4) is 0 Å². The van der Waals surface area contributed by atoms with Crippen molar-refractivity contribution in [2.75, 3.05) is 56.5 Å². The van der Waals surface area contributed by atoms with Crippen LogP contribution in [0.2, 0.25) is 0 Å². The van der Waals surface area contributed by atoms with Crippen molar-refractivity contribution in [3.63, 3.8) is 0 Å². The van der Waals surface area contributed by atoms with E-state index in [0.29, 0.717) is 22.6 Å². The number of carboxylic acids is 1. The van der Waals surface area contributed by atoms with Crippen molar-refractivity contribution in [1.29, 1.82) is 0 Å². The van der Waals surface area contributed by atoms with Gasteiger partial charge in [0.2, 0.25) is 5.36 Å². The third kappa shape index (κ3) is 9.74. The number of aromatic carboxylic acids is 1. The van der Waals surface area contributed by atoms with Gasteiger partial charge in [0.05, 0.1) is 24.6 Å². The molecule has 0 radical (unpaired) electrons. The van der Waals surface area contributed by atoms with Gasteiger partial charge in [-0.25, -0.2) is 38.2 Å². The second-order valence-electron chi connectivity index (χ2n) is 16.9. The number of nitrogens with zero attached hydrogens (tertiary/aromatic N) is 6. The van der Waals surface area contributed by atoms with Crippen LogP contribution >= 0.6 is 15.6 Å². The Kier molecular flexibility index (Phi) is 13.5. The van der Waals surface area contributed by atoms with Gasteiger partial charge in [-0.1, -0.05) is 6.07 Å². The van der Waals surface area contributed by atoms with Crippen molar-refractivity contribution in [3.05, 3.63) is 99.1 Å². The van der Waals surface area contributed by atoms with Gasteiger partial charge >= 0.3 is 27.7 Å². The van der Waals surface area contributed by atoms with Gasteiger partial charge in [-0.15, -0.1) is 0 Å². The number of phosphoric acid groups is 2. The molecule has 4 aliphatic heterocycles. The van der Waals surface area contributed by atoms with Crippen LogP contribution < -0.4 is 41.2 Å². The molecule has 2 aromatic heterocycles. The number of alkyl carbamates (subject to hydrolysis) is 1. The number of carbonyl (C=O) groups excluding carboxylic acids is 2. The van der Waals surface area contributed by atoms with Crippen molar-refractivity contribution >= 4 is 61.9 Å². The maximum absolute atomic E-state index is 13.6. The lowest BCUT2D eigenvalue weighted by Gasteiger charge is -2.32. The average molecular weight is 1010 g/mol. The number of nitrogen functional groups attached to an aromatic ring is 1. The van der Waals surface area contributed by atoms with E-state index in [4.69, 9.17) is 29.7 Å². The highest BCUT2D eigenvalue weighted by Crippen LogP contribution is 2.58. The summed E-state index contributed by atoms with van der Waals surface area (Å²) in [5.74, 6) is -0.662. The van der Waals surface area contributed by atoms with Crippen LogP contribution in [-0.4, -0.2) is 127 Å². The first-order valence-electron chi connectivity index (χ1n) is 22.4. The minimum absolute atomic E-state index is 0.0107. The van der Waals surface area contributed by atoms with E-state index in [2.05, 4.69) is 82.0 Å². The predicted octanol–water partition coefficient (Wildman–Crippen LogP) is 1.70. The zero-order valence-electron chi connectivity index (χ0n) is 37.8. The Balaban J connectivity index is 0.928. The van der Waals surface area contributed by atoms with Crippen LogP contribution in [0, 0.1) is 0 Å². The summed E-state index contributed by atoms with van der Waals surface area (Å²) in [6.45, 7) is 6.36. The summed E-state index contributed by atoms with van der Waals surface area (Å²) in [4.78, 5) is 82.1. The molecule has 370 valence electrons. The van der Waals surface area contributed by atoms with Crippen LogP contribution in [0.5, 0.6) is 11.5 Å². The number of benzene rings is 3. The molecular formula is C44H50N9O15P2+. The Hall–Kier alpha value is -6.33. The molecule has 1 saturated heterocycles. The second-order valence-corrected chi connectivity index (χ2v) is 19.7. The van der Waals surface area contributed by atoms with Crippen molar-refractivity contribution in [3.8, 4) is 11.5 Å². The highest BCUT2D eigenvalue weighted by molar-refractivity contribution is 7.60. The monoisotopic (exact) mass is 1010 g/mol. The zero-order valence-corrected chi connectivity index (χ0v) is 39.5. The normalized spacial score (nSPS) is 20.4. The van der Waals surface area contributed by atoms with Crippen molar-refractivity contribution in [2.45, 2.75) is 64.1 Å². The first-order valence-corrected chi connectivity index (χ1v) is 25.5. The van der Waals surface area contributed by atoms with Gasteiger partial charge in [0.25, 0.3) is 5.91 Å². The molecule has 2 amide bonds. The second kappa shape index (κ2) is 19.5. The number of aromatic nitrogens is 4. The Morgan fingerprint density at radius 1 is 0.957 bits per heavy atom. The molecule has 5 aromatic rings. The molecule has 3 aromatic carbocycles. The number of ether oxygens (including phenoxy) is 3. The molecule has 1 unspecified atom stereocenters. The van der Waals surface area contributed by atoms with Crippen LogP contribution in [0.1, 0.15) is 75.9 Å². The summed E-state index contributed by atoms with van der Waals surface area (Å²) >= 11 is 0. The van der Waals surface area contributed by atoms with Crippen molar-refractivity contribution in [1.82, 2.24) is 34.7 Å². The van der Waals surface area contributed by atoms with Gasteiger partial charge < -0.3 is 60.4 Å². The number of phosphoric ester groups is 1. The summed E-state index contributed by atoms with van der Waals surface area (Å²) in [5.41, 5.74) is 11.3. The van der Waals surface area contributed by atoms with Gasteiger partial charge in [0, 0.05) is 71.8 Å². The number of carbonyl (C=O) groups is 3. The minimum atomic E-state index is -5.47. The molecule has 9 N–H and O–H groups in total. The minimum Gasteiger partial charge on any atom is -0.478 e. The highest BCUT2D eigenvalue weighted by Gasteiger charge is 2.49. The Bertz CT molecular complexity index is 3160. The summed E-state index contributed by atoms with van der Waals surface area (Å²) in [7, 11) is -10.8. The number of carboxylic acid groups (broad SMARTS) is 1. The van der Waals surface area contributed by atoms with E-state index in [1.165, 1.54) is 17.0 Å². The van der Waals surface area contributed by atoms with E-state index in [1.54, 1.807) is 12.1 Å². The quantitative estimate of drug-likeness (QED) is 0.0412. The fourth-order valence-corrected chi connectivity index (χ4v) is 11.0. The van der Waals surface area contributed by atoms with E-state index in [-0.39, 0.29) is 41.2 Å². The maximum atomic E-state index is 13.6. The number of hydrogen-bond donors (Lipinski definition) is 8. The van der Waals surface area contributed by atoms with Crippen molar-refractivity contribution < 1.29 is 71.5 Å². The van der Waals surface area contributed by atoms with Gasteiger partial charge in [0.1, 0.15) is 48.6 Å². The summed E-state index contributed by atoms with van der Waals surface area (Å²) < 4.78 is 53.4. The lowest BCUT2D eigenvalue weighted by atomic mass is 9.86. The lowest BCUT2D eigenvalue weighted by molar-refractivity contribution is -0.0522. The number of fused-ring (bicyclic) bond motifs is 5. The number of aliphatic hydroxyl groups excluding tert-OH is 1. The van der Waals surface area contributed by atoms with E-state index in [0.717, 1.165) is 91.1 Å². The van der Waals surface area contributed by atoms with Crippen LogP contribution in [0.4, 0.5) is 16.3 Å². The number of nitrogens with two attached hydrogens (primary N) is 1. The lowest BCUT2D eigenvalue weighted by Crippen LogP contribution is -2.41. The van der Waals surface area contributed by atoms with Gasteiger partial charge in [-0.05, 0) is 68.5 Å². The molecule has 26 heteroatoms. The first-order chi connectivity index (χ1) is 33.4. The number of anilines is 2. The molecule has 5 atom stereocenters. The first kappa shape index (κ1) is 48.7. The molecule has 9 rings (SSSR count). The number of aliphatic hydroxyl groups is 1. The number of aryl methyl sites for hydroxylation is 2. The molecule has 0 aliphatic carbocycles. The van der Waals surface area contributed by atoms with Gasteiger partial charge in [0.15, 0.2) is 23.8 Å². The number of imidazole rings is 1. The topological polar surface area (TPSA) is 333 Å². The SMILES string of the molecule is CCN1CCCc2cc3c(cc21)Oc1cc2c(cc1=C3c1ccc(C(=O)NCCNC(=O)O[C@@H]3[C@H](O)[C@@H](COP(=O)(O)OP(=O)(O)O)O[C@H]3n3cnc4c(N)ncnc43)cc1C(=O)O)CCC[N+]=2CC. The van der Waals surface area contributed by atoms with Crippen molar-refractivity contribution in [2.24, 2.45) is 0 Å². The fourth-order valence-electron chi connectivity index (χ4n) is 9.43. The Labute approximate surface area is 398 Å². The summed E-state index contributed by atoms with van der Waals surface area (Å²) in [5, 5.41) is 28.9. The van der Waals surface area contributed by atoms with E-state index in [1.807, 2.05) is 0 Å². The molecular weight excluding hydrogens is 956 g/mol. The predicted molar refractivity (Wildman–Crippen MR) is 248 cm³/mol. The van der Waals surface area contributed by atoms with E-state index in [9.17, 15) is 38.6 Å². The number of nitrogens with one attached hydrogen (secondary N) is 2. The fraction of sp³-hybridized carbons (Fsp3) is 0.386. The van der Waals surface area contributed by atoms with Crippen LogP contribution in [0.15, 0.2) is 55.1 Å². The van der Waals surface area contributed by atoms with E-state index >= 15 is 0 Å². The third-order valence-electron chi connectivity index (χ3n) is 12.6. The molecule has 70 heavy (non-hydrogen) atoms. The molecule has 0 spiro atoms. The average Bonchev–Trinajstić information content (AvgIpc) is 3.89. The highest BCUT2D eigenvalue weighted by atomic mass is 31.3. The third-order valence-corrected chi connectivity index (χ3v) is 14.8. The van der Waals surface area contributed by atoms with Gasteiger partial charge in [-0.2, -0.15) is 4.31 Å². The van der Waals surface area contributed by atoms with Crippen LogP contribution in [-0.2, 0) is 40.3 Å². The number of amides is 2.